The average Bonchev–Trinajstić information content (AvgIpc) is 2.55. The fourth-order valence-corrected chi connectivity index (χ4v) is 3.72. The van der Waals surface area contributed by atoms with Crippen LogP contribution >= 0.6 is 11.3 Å². The SMILES string of the molecule is CCC(C(=O)O)S(=O)(=O)Cc1ccsc1. The maximum absolute atomic E-state index is 11.7. The molecule has 6 heteroatoms. The summed E-state index contributed by atoms with van der Waals surface area (Å²) in [7, 11) is -3.59. The number of hydrogen-bond acceptors (Lipinski definition) is 4. The molecule has 0 bridgehead atoms. The second kappa shape index (κ2) is 4.76. The molecule has 0 amide bonds. The van der Waals surface area contributed by atoms with E-state index < -0.39 is 21.1 Å². The lowest BCUT2D eigenvalue weighted by Crippen LogP contribution is -2.30. The van der Waals surface area contributed by atoms with Crippen molar-refractivity contribution in [2.75, 3.05) is 0 Å². The molecule has 15 heavy (non-hydrogen) atoms. The van der Waals surface area contributed by atoms with E-state index in [2.05, 4.69) is 0 Å². The van der Waals surface area contributed by atoms with Gasteiger partial charge in [-0.05, 0) is 28.8 Å². The molecular weight excluding hydrogens is 236 g/mol. The normalized spacial score (nSPS) is 13.7. The Labute approximate surface area is 92.5 Å². The number of rotatable bonds is 5. The van der Waals surface area contributed by atoms with Gasteiger partial charge in [0.2, 0.25) is 0 Å². The van der Waals surface area contributed by atoms with Crippen LogP contribution in [0.3, 0.4) is 0 Å². The molecule has 1 N–H and O–H groups in total. The molecule has 1 aromatic rings. The highest BCUT2D eigenvalue weighted by Gasteiger charge is 2.30. The smallest absolute Gasteiger partial charge is 0.321 e. The van der Waals surface area contributed by atoms with Crippen molar-refractivity contribution in [1.29, 1.82) is 0 Å². The highest BCUT2D eigenvalue weighted by Crippen LogP contribution is 2.16. The zero-order chi connectivity index (χ0) is 11.5. The largest absolute Gasteiger partial charge is 0.480 e. The third kappa shape index (κ3) is 3.04. The summed E-state index contributed by atoms with van der Waals surface area (Å²) in [5, 5.41) is 11.0. The highest BCUT2D eigenvalue weighted by molar-refractivity contribution is 7.92. The molecule has 0 spiro atoms. The van der Waals surface area contributed by atoms with Crippen LogP contribution in [-0.2, 0) is 20.4 Å². The molecule has 4 nitrogen and oxygen atoms in total. The Morgan fingerprint density at radius 1 is 1.60 bits per heavy atom. The Kier molecular flexibility index (Phi) is 3.87. The summed E-state index contributed by atoms with van der Waals surface area (Å²) in [6.45, 7) is 1.56. The molecule has 0 radical (unpaired) electrons. The molecule has 0 fully saturated rings. The van der Waals surface area contributed by atoms with E-state index in [0.29, 0.717) is 5.56 Å². The van der Waals surface area contributed by atoms with Crippen LogP contribution in [0.5, 0.6) is 0 Å². The van der Waals surface area contributed by atoms with Crippen molar-refractivity contribution in [3.63, 3.8) is 0 Å². The van der Waals surface area contributed by atoms with Crippen molar-refractivity contribution in [2.45, 2.75) is 24.3 Å². The molecule has 0 aliphatic heterocycles. The van der Waals surface area contributed by atoms with E-state index in [9.17, 15) is 13.2 Å². The summed E-state index contributed by atoms with van der Waals surface area (Å²) in [5.41, 5.74) is 0.653. The maximum atomic E-state index is 11.7. The minimum absolute atomic E-state index is 0.0990. The average molecular weight is 248 g/mol. The van der Waals surface area contributed by atoms with Gasteiger partial charge >= 0.3 is 5.97 Å². The van der Waals surface area contributed by atoms with Crippen molar-refractivity contribution in [3.8, 4) is 0 Å². The topological polar surface area (TPSA) is 71.4 Å². The molecule has 84 valence electrons. The lowest BCUT2D eigenvalue weighted by atomic mass is 10.3. The predicted molar refractivity (Wildman–Crippen MR) is 58.7 cm³/mol. The quantitative estimate of drug-likeness (QED) is 0.857. The number of carbonyl (C=O) groups is 1. The summed E-state index contributed by atoms with van der Waals surface area (Å²) < 4.78 is 23.4. The van der Waals surface area contributed by atoms with Gasteiger partial charge in [0.15, 0.2) is 15.1 Å². The first-order valence-electron chi connectivity index (χ1n) is 4.43. The Morgan fingerprint density at radius 3 is 2.67 bits per heavy atom. The second-order valence-corrected chi connectivity index (χ2v) is 6.14. The van der Waals surface area contributed by atoms with Crippen molar-refractivity contribution in [1.82, 2.24) is 0 Å². The van der Waals surface area contributed by atoms with Gasteiger partial charge in [-0.25, -0.2) is 8.42 Å². The van der Waals surface area contributed by atoms with E-state index in [1.54, 1.807) is 23.8 Å². The minimum atomic E-state index is -3.59. The van der Waals surface area contributed by atoms with Gasteiger partial charge in [0.25, 0.3) is 0 Å². The third-order valence-corrected chi connectivity index (χ3v) is 4.90. The van der Waals surface area contributed by atoms with Crippen LogP contribution < -0.4 is 0 Å². The molecule has 0 aromatic carbocycles. The van der Waals surface area contributed by atoms with E-state index in [0.717, 1.165) is 0 Å². The Morgan fingerprint density at radius 2 is 2.27 bits per heavy atom. The third-order valence-electron chi connectivity index (χ3n) is 2.03. The lowest BCUT2D eigenvalue weighted by Gasteiger charge is -2.10. The number of sulfone groups is 1. The molecule has 1 rings (SSSR count). The van der Waals surface area contributed by atoms with Gasteiger partial charge < -0.3 is 5.11 Å². The highest BCUT2D eigenvalue weighted by atomic mass is 32.2. The fourth-order valence-electron chi connectivity index (χ4n) is 1.29. The van der Waals surface area contributed by atoms with Crippen LogP contribution in [0, 0.1) is 0 Å². The van der Waals surface area contributed by atoms with Gasteiger partial charge in [0.05, 0.1) is 5.75 Å². The predicted octanol–water partition coefficient (Wildman–Crippen LogP) is 1.53. The van der Waals surface area contributed by atoms with Gasteiger partial charge in [-0.3, -0.25) is 4.79 Å². The van der Waals surface area contributed by atoms with Crippen LogP contribution in [0.2, 0.25) is 0 Å². The molecule has 1 unspecified atom stereocenters. The summed E-state index contributed by atoms with van der Waals surface area (Å²) in [6, 6.07) is 1.69. The van der Waals surface area contributed by atoms with Gasteiger partial charge in [0, 0.05) is 0 Å². The van der Waals surface area contributed by atoms with Crippen LogP contribution in [-0.4, -0.2) is 24.7 Å². The summed E-state index contributed by atoms with van der Waals surface area (Å²) in [4.78, 5) is 10.7. The molecule has 0 saturated heterocycles. The molecule has 1 heterocycles. The Hall–Kier alpha value is -0.880. The van der Waals surface area contributed by atoms with Crippen LogP contribution in [0.15, 0.2) is 16.8 Å². The van der Waals surface area contributed by atoms with Crippen LogP contribution in [0.1, 0.15) is 18.9 Å². The van der Waals surface area contributed by atoms with Crippen molar-refractivity contribution in [2.24, 2.45) is 0 Å². The summed E-state index contributed by atoms with van der Waals surface area (Å²) in [6.07, 6.45) is 0.0990. The summed E-state index contributed by atoms with van der Waals surface area (Å²) >= 11 is 1.40. The van der Waals surface area contributed by atoms with Crippen LogP contribution in [0.25, 0.3) is 0 Å². The van der Waals surface area contributed by atoms with Crippen molar-refractivity contribution >= 4 is 27.1 Å². The zero-order valence-corrected chi connectivity index (χ0v) is 9.85. The van der Waals surface area contributed by atoms with Gasteiger partial charge in [-0.15, -0.1) is 0 Å². The van der Waals surface area contributed by atoms with Gasteiger partial charge in [0.1, 0.15) is 0 Å². The fraction of sp³-hybridized carbons (Fsp3) is 0.444. The number of aliphatic carboxylic acids is 1. The molecule has 0 saturated carbocycles. The zero-order valence-electron chi connectivity index (χ0n) is 8.21. The Balaban J connectivity index is 2.87. The van der Waals surface area contributed by atoms with Crippen LogP contribution in [0.4, 0.5) is 0 Å². The summed E-state index contributed by atoms with van der Waals surface area (Å²) in [5.74, 6) is -1.46. The maximum Gasteiger partial charge on any atom is 0.321 e. The number of thiophene rings is 1. The second-order valence-electron chi connectivity index (χ2n) is 3.17. The number of carboxylic acids is 1. The molecular formula is C9H12O4S2. The first-order chi connectivity index (χ1) is 6.97. The van der Waals surface area contributed by atoms with Crippen molar-refractivity contribution < 1.29 is 18.3 Å². The van der Waals surface area contributed by atoms with Gasteiger partial charge in [-0.2, -0.15) is 11.3 Å². The van der Waals surface area contributed by atoms with E-state index >= 15 is 0 Å². The monoisotopic (exact) mass is 248 g/mol. The van der Waals surface area contributed by atoms with E-state index in [1.807, 2.05) is 0 Å². The van der Waals surface area contributed by atoms with E-state index in [1.165, 1.54) is 11.3 Å². The van der Waals surface area contributed by atoms with Gasteiger partial charge in [-0.1, -0.05) is 6.92 Å². The number of hydrogen-bond donors (Lipinski definition) is 1. The standard InChI is InChI=1S/C9H12O4S2/c1-2-8(9(10)11)15(12,13)6-7-3-4-14-5-7/h3-5,8H,2,6H2,1H3,(H,10,11). The van der Waals surface area contributed by atoms with Crippen molar-refractivity contribution in [3.05, 3.63) is 22.4 Å². The molecule has 0 aliphatic carbocycles. The molecule has 1 atom stereocenters. The van der Waals surface area contributed by atoms with E-state index in [4.69, 9.17) is 5.11 Å². The molecule has 1 aromatic heterocycles. The Bertz CT molecular complexity index is 419. The first kappa shape index (κ1) is 12.2. The molecule has 0 aliphatic rings. The number of carboxylic acid groups (broad SMARTS) is 1. The lowest BCUT2D eigenvalue weighted by molar-refractivity contribution is -0.136. The van der Waals surface area contributed by atoms with E-state index in [-0.39, 0.29) is 12.2 Å². The minimum Gasteiger partial charge on any atom is -0.480 e. The first-order valence-corrected chi connectivity index (χ1v) is 7.08.